The molecule has 3 rings (SSSR count). The zero-order valence-electron chi connectivity index (χ0n) is 12.9. The summed E-state index contributed by atoms with van der Waals surface area (Å²) in [5.41, 5.74) is 5.49. The Morgan fingerprint density at radius 1 is 1.52 bits per heavy atom. The third-order valence-electron chi connectivity index (χ3n) is 4.10. The number of aromatic nitrogens is 2. The highest BCUT2D eigenvalue weighted by molar-refractivity contribution is 5.85. The van der Waals surface area contributed by atoms with Crippen LogP contribution >= 0.6 is 12.4 Å². The minimum Gasteiger partial charge on any atom is -0.461 e. The maximum atomic E-state index is 12.1. The van der Waals surface area contributed by atoms with Crippen molar-refractivity contribution in [1.82, 2.24) is 15.5 Å². The first kappa shape index (κ1) is 17.5. The lowest BCUT2D eigenvalue weighted by Gasteiger charge is -2.29. The molecule has 1 amide bonds. The number of carbonyl (C=O) groups is 1. The van der Waals surface area contributed by atoms with Crippen molar-refractivity contribution in [3.05, 3.63) is 24.3 Å². The molecule has 0 spiro atoms. The van der Waals surface area contributed by atoms with Gasteiger partial charge in [0, 0.05) is 19.4 Å². The van der Waals surface area contributed by atoms with Crippen molar-refractivity contribution >= 4 is 18.3 Å². The molecule has 1 fully saturated rings. The summed E-state index contributed by atoms with van der Waals surface area (Å²) in [6.45, 7) is 2.46. The van der Waals surface area contributed by atoms with Crippen molar-refractivity contribution in [1.29, 1.82) is 0 Å². The van der Waals surface area contributed by atoms with Crippen molar-refractivity contribution in [3.8, 4) is 11.6 Å². The van der Waals surface area contributed by atoms with Crippen LogP contribution in [0.5, 0.6) is 0 Å². The Hall–Kier alpha value is -1.86. The average Bonchev–Trinajstić information content (AvgIpc) is 3.04. The normalized spacial score (nSPS) is 16.4. The van der Waals surface area contributed by atoms with Crippen LogP contribution in [0.25, 0.3) is 11.6 Å². The van der Waals surface area contributed by atoms with E-state index >= 15 is 0 Å². The van der Waals surface area contributed by atoms with Crippen LogP contribution < -0.4 is 11.1 Å². The van der Waals surface area contributed by atoms with E-state index in [1.807, 2.05) is 6.92 Å². The third-order valence-corrected chi connectivity index (χ3v) is 4.10. The van der Waals surface area contributed by atoms with Gasteiger partial charge >= 0.3 is 0 Å². The minimum atomic E-state index is -0.300. The van der Waals surface area contributed by atoms with Crippen LogP contribution in [0.4, 0.5) is 0 Å². The van der Waals surface area contributed by atoms with Crippen LogP contribution in [0.3, 0.4) is 0 Å². The SMILES string of the molecule is CC(CN)(NC(=O)CCc1nc(-c2ccco2)no1)C1CC1.Cl. The highest BCUT2D eigenvalue weighted by Gasteiger charge is 2.41. The lowest BCUT2D eigenvalue weighted by Crippen LogP contribution is -2.53. The number of hydrogen-bond donors (Lipinski definition) is 2. The van der Waals surface area contributed by atoms with E-state index in [4.69, 9.17) is 14.7 Å². The molecule has 0 aromatic carbocycles. The van der Waals surface area contributed by atoms with Gasteiger partial charge in [-0.1, -0.05) is 5.16 Å². The lowest BCUT2D eigenvalue weighted by atomic mass is 9.95. The summed E-state index contributed by atoms with van der Waals surface area (Å²) in [4.78, 5) is 16.3. The summed E-state index contributed by atoms with van der Waals surface area (Å²) in [5.74, 6) is 1.81. The van der Waals surface area contributed by atoms with Gasteiger partial charge in [-0.05, 0) is 37.8 Å². The summed E-state index contributed by atoms with van der Waals surface area (Å²) in [5, 5.41) is 6.87. The maximum Gasteiger partial charge on any atom is 0.238 e. The first-order chi connectivity index (χ1) is 10.6. The molecule has 1 aliphatic rings. The smallest absolute Gasteiger partial charge is 0.238 e. The molecule has 1 unspecified atom stereocenters. The highest BCUT2D eigenvalue weighted by Crippen LogP contribution is 2.39. The molecule has 2 aromatic rings. The summed E-state index contributed by atoms with van der Waals surface area (Å²) >= 11 is 0. The van der Waals surface area contributed by atoms with Gasteiger partial charge in [0.25, 0.3) is 0 Å². The minimum absolute atomic E-state index is 0. The Kier molecular flexibility index (Phi) is 5.43. The van der Waals surface area contributed by atoms with Gasteiger partial charge in [-0.2, -0.15) is 4.98 Å². The van der Waals surface area contributed by atoms with Crippen LogP contribution in [-0.4, -0.2) is 28.1 Å². The molecule has 8 heteroatoms. The summed E-state index contributed by atoms with van der Waals surface area (Å²) in [6.07, 6.45) is 4.49. The van der Waals surface area contributed by atoms with E-state index in [0.29, 0.717) is 42.8 Å². The summed E-state index contributed by atoms with van der Waals surface area (Å²) in [7, 11) is 0. The van der Waals surface area contributed by atoms with Crippen molar-refractivity contribution < 1.29 is 13.7 Å². The molecule has 0 radical (unpaired) electrons. The zero-order valence-corrected chi connectivity index (χ0v) is 13.8. The molecule has 7 nitrogen and oxygen atoms in total. The second-order valence-electron chi connectivity index (χ2n) is 5.93. The van der Waals surface area contributed by atoms with Crippen molar-refractivity contribution in [3.63, 3.8) is 0 Å². The third kappa shape index (κ3) is 4.11. The summed E-state index contributed by atoms with van der Waals surface area (Å²) in [6, 6.07) is 3.51. The van der Waals surface area contributed by atoms with Gasteiger partial charge in [0.1, 0.15) is 0 Å². The number of nitrogens with two attached hydrogens (primary N) is 1. The number of nitrogens with one attached hydrogen (secondary N) is 1. The fraction of sp³-hybridized carbons (Fsp3) is 0.533. The van der Waals surface area contributed by atoms with E-state index in [0.717, 1.165) is 12.8 Å². The predicted molar refractivity (Wildman–Crippen MR) is 85.9 cm³/mol. The molecule has 2 aromatic heterocycles. The largest absolute Gasteiger partial charge is 0.461 e. The van der Waals surface area contributed by atoms with Gasteiger partial charge in [-0.3, -0.25) is 4.79 Å². The van der Waals surface area contributed by atoms with Crippen LogP contribution in [0.2, 0.25) is 0 Å². The monoisotopic (exact) mass is 340 g/mol. The first-order valence-electron chi connectivity index (χ1n) is 7.48. The van der Waals surface area contributed by atoms with Crippen LogP contribution in [0.1, 0.15) is 32.1 Å². The topological polar surface area (TPSA) is 107 Å². The molecule has 126 valence electrons. The number of nitrogens with zero attached hydrogens (tertiary/aromatic N) is 2. The quantitative estimate of drug-likeness (QED) is 0.797. The van der Waals surface area contributed by atoms with E-state index in [9.17, 15) is 4.79 Å². The average molecular weight is 341 g/mol. The maximum absolute atomic E-state index is 12.1. The Morgan fingerprint density at radius 3 is 2.91 bits per heavy atom. The molecule has 2 heterocycles. The molecular formula is C15H21ClN4O3. The fourth-order valence-corrected chi connectivity index (χ4v) is 2.50. The van der Waals surface area contributed by atoms with Crippen molar-refractivity contribution in [2.75, 3.05) is 6.54 Å². The van der Waals surface area contributed by atoms with E-state index < -0.39 is 0 Å². The molecule has 0 saturated heterocycles. The molecule has 3 N–H and O–H groups in total. The number of amides is 1. The lowest BCUT2D eigenvalue weighted by molar-refractivity contribution is -0.123. The Bertz CT molecular complexity index is 639. The molecule has 1 atom stereocenters. The molecule has 1 aliphatic carbocycles. The fourth-order valence-electron chi connectivity index (χ4n) is 2.50. The van der Waals surface area contributed by atoms with Gasteiger partial charge in [0.15, 0.2) is 5.76 Å². The number of furan rings is 1. The second-order valence-corrected chi connectivity index (χ2v) is 5.93. The van der Waals surface area contributed by atoms with Gasteiger partial charge in [0.05, 0.1) is 11.8 Å². The van der Waals surface area contributed by atoms with E-state index in [2.05, 4.69) is 15.5 Å². The number of carbonyl (C=O) groups excluding carboxylic acids is 1. The number of aryl methyl sites for hydroxylation is 1. The van der Waals surface area contributed by atoms with Gasteiger partial charge in [0.2, 0.25) is 17.6 Å². The Morgan fingerprint density at radius 2 is 2.30 bits per heavy atom. The van der Waals surface area contributed by atoms with Gasteiger partial charge in [-0.25, -0.2) is 0 Å². The second kappa shape index (κ2) is 7.14. The Balaban J connectivity index is 0.00000192. The number of hydrogen-bond acceptors (Lipinski definition) is 6. The van der Waals surface area contributed by atoms with Crippen molar-refractivity contribution in [2.24, 2.45) is 11.7 Å². The standard InChI is InChI=1S/C15H20N4O3.ClH/c1-15(9-16,10-4-5-10)18-12(20)6-7-13-17-14(19-22-13)11-3-2-8-21-11;/h2-3,8,10H,4-7,9,16H2,1H3,(H,18,20);1H. The predicted octanol–water partition coefficient (Wildman–Crippen LogP) is 1.93. The van der Waals surface area contributed by atoms with Crippen LogP contribution in [-0.2, 0) is 11.2 Å². The van der Waals surface area contributed by atoms with Gasteiger partial charge in [-0.15, -0.1) is 12.4 Å². The Labute approximate surface area is 140 Å². The molecule has 0 bridgehead atoms. The van der Waals surface area contributed by atoms with Gasteiger partial charge < -0.3 is 20.0 Å². The van der Waals surface area contributed by atoms with E-state index in [1.54, 1.807) is 18.4 Å². The van der Waals surface area contributed by atoms with E-state index in [1.165, 1.54) is 0 Å². The van der Waals surface area contributed by atoms with E-state index in [-0.39, 0.29) is 23.9 Å². The molecule has 0 aliphatic heterocycles. The van der Waals surface area contributed by atoms with Crippen LogP contribution in [0.15, 0.2) is 27.3 Å². The number of rotatable bonds is 7. The number of halogens is 1. The van der Waals surface area contributed by atoms with Crippen LogP contribution in [0, 0.1) is 5.92 Å². The molecule has 23 heavy (non-hydrogen) atoms. The zero-order chi connectivity index (χ0) is 15.6. The molecule has 1 saturated carbocycles. The van der Waals surface area contributed by atoms with Crippen molar-refractivity contribution in [2.45, 2.75) is 38.1 Å². The summed E-state index contributed by atoms with van der Waals surface area (Å²) < 4.78 is 10.3. The first-order valence-corrected chi connectivity index (χ1v) is 7.48. The highest BCUT2D eigenvalue weighted by atomic mass is 35.5. The molecular weight excluding hydrogens is 320 g/mol.